The van der Waals surface area contributed by atoms with E-state index in [1.54, 1.807) is 0 Å². The lowest BCUT2D eigenvalue weighted by molar-refractivity contribution is -0.143. The van der Waals surface area contributed by atoms with Crippen molar-refractivity contribution in [2.45, 2.75) is 38.2 Å². The Kier molecular flexibility index (Phi) is 5.98. The third-order valence-corrected chi connectivity index (χ3v) is 4.59. The van der Waals surface area contributed by atoms with Crippen LogP contribution in [0, 0.1) is 0 Å². The third-order valence-electron chi connectivity index (χ3n) is 4.59. The van der Waals surface area contributed by atoms with Crippen molar-refractivity contribution < 1.29 is 35.9 Å². The molecule has 1 aliphatic rings. The van der Waals surface area contributed by atoms with Gasteiger partial charge >= 0.3 is 12.4 Å². The van der Waals surface area contributed by atoms with E-state index >= 15 is 0 Å². The highest BCUT2D eigenvalue weighted by Crippen LogP contribution is 2.36. The predicted octanol–water partition coefficient (Wildman–Crippen LogP) is 3.22. The second-order valence-corrected chi connectivity index (χ2v) is 6.95. The maximum atomic E-state index is 13.0. The van der Waals surface area contributed by atoms with Crippen molar-refractivity contribution in [1.29, 1.82) is 0 Å². The number of nitrogens with zero attached hydrogens (tertiary/aromatic N) is 5. The van der Waals surface area contributed by atoms with Gasteiger partial charge in [0, 0.05) is 25.5 Å². The number of hydrazone groups is 1. The highest BCUT2D eigenvalue weighted by atomic mass is 19.4. The molecule has 1 atom stereocenters. The Morgan fingerprint density at radius 1 is 1.06 bits per heavy atom. The Labute approximate surface area is 176 Å². The average Bonchev–Trinajstić information content (AvgIpc) is 3.18. The fraction of sp³-hybridized carbons (Fsp3) is 0.389. The molecule has 1 unspecified atom stereocenters. The quantitative estimate of drug-likeness (QED) is 0.709. The van der Waals surface area contributed by atoms with Gasteiger partial charge in [-0.25, -0.2) is 9.99 Å². The van der Waals surface area contributed by atoms with E-state index in [-0.39, 0.29) is 30.6 Å². The number of benzene rings is 1. The van der Waals surface area contributed by atoms with E-state index in [2.05, 4.69) is 20.5 Å². The third kappa shape index (κ3) is 4.89. The lowest BCUT2D eigenvalue weighted by atomic mass is 10.0. The van der Waals surface area contributed by atoms with E-state index < -0.39 is 41.0 Å². The molecule has 14 heteroatoms. The normalized spacial score (nSPS) is 16.1. The second kappa shape index (κ2) is 8.24. The molecule has 8 nitrogen and oxygen atoms in total. The van der Waals surface area contributed by atoms with Crippen LogP contribution in [0.1, 0.15) is 53.1 Å². The number of halogens is 6. The molecule has 0 saturated heterocycles. The van der Waals surface area contributed by atoms with E-state index in [9.17, 15) is 35.9 Å². The van der Waals surface area contributed by atoms with Crippen LogP contribution in [-0.4, -0.2) is 44.5 Å². The van der Waals surface area contributed by atoms with Crippen molar-refractivity contribution in [3.05, 3.63) is 47.0 Å². The predicted molar refractivity (Wildman–Crippen MR) is 97.2 cm³/mol. The van der Waals surface area contributed by atoms with Crippen LogP contribution >= 0.6 is 0 Å². The van der Waals surface area contributed by atoms with Crippen LogP contribution in [0.15, 0.2) is 29.6 Å². The number of carbonyl (C=O) groups excluding carboxylic acids is 2. The van der Waals surface area contributed by atoms with E-state index in [0.717, 1.165) is 11.3 Å². The summed E-state index contributed by atoms with van der Waals surface area (Å²) in [6, 6.07) is -0.336. The Balaban J connectivity index is 1.88. The second-order valence-electron chi connectivity index (χ2n) is 6.95. The molecule has 1 N–H and O–H groups in total. The lowest BCUT2D eigenvalue weighted by Gasteiger charge is -2.21. The summed E-state index contributed by atoms with van der Waals surface area (Å²) in [4.78, 5) is 28.1. The van der Waals surface area contributed by atoms with E-state index in [1.807, 2.05) is 0 Å². The highest BCUT2D eigenvalue weighted by molar-refractivity contribution is 5.95. The summed E-state index contributed by atoms with van der Waals surface area (Å²) in [5, 5.41) is 11.5. The van der Waals surface area contributed by atoms with Crippen molar-refractivity contribution >= 4 is 17.6 Å². The molecule has 0 fully saturated rings. The summed E-state index contributed by atoms with van der Waals surface area (Å²) in [6.45, 7) is 1.43. The molecule has 0 bridgehead atoms. The Hall–Kier alpha value is -3.45. The summed E-state index contributed by atoms with van der Waals surface area (Å²) in [5.41, 5.74) is -4.01. The van der Waals surface area contributed by atoms with Gasteiger partial charge in [0.2, 0.25) is 5.91 Å². The first kappa shape index (κ1) is 23.2. The van der Waals surface area contributed by atoms with Gasteiger partial charge in [0.1, 0.15) is 6.33 Å². The van der Waals surface area contributed by atoms with Gasteiger partial charge in [-0.1, -0.05) is 0 Å². The van der Waals surface area contributed by atoms with E-state index in [4.69, 9.17) is 0 Å². The zero-order chi connectivity index (χ0) is 23.8. The van der Waals surface area contributed by atoms with Gasteiger partial charge in [-0.05, 0) is 25.1 Å². The summed E-state index contributed by atoms with van der Waals surface area (Å²) in [6.07, 6.45) is -8.64. The fourth-order valence-corrected chi connectivity index (χ4v) is 2.98. The van der Waals surface area contributed by atoms with Gasteiger partial charge in [-0.2, -0.15) is 41.2 Å². The summed E-state index contributed by atoms with van der Waals surface area (Å²) in [7, 11) is 1.44. The SMILES string of the molecule is CC(NC(=O)c1cc(C(F)(F)F)cc(C(F)(F)F)c1)c1ncnn1C1=NN(C)C(=O)CC1. The summed E-state index contributed by atoms with van der Waals surface area (Å²) >= 11 is 0. The minimum absolute atomic E-state index is 0.0597. The van der Waals surface area contributed by atoms with Crippen molar-refractivity contribution in [3.63, 3.8) is 0 Å². The number of rotatable bonds is 3. The van der Waals surface area contributed by atoms with Crippen LogP contribution in [0.4, 0.5) is 26.3 Å². The van der Waals surface area contributed by atoms with Crippen LogP contribution in [-0.2, 0) is 17.1 Å². The Morgan fingerprint density at radius 2 is 1.66 bits per heavy atom. The minimum Gasteiger partial charge on any atom is -0.342 e. The van der Waals surface area contributed by atoms with Gasteiger partial charge in [0.15, 0.2) is 11.7 Å². The smallest absolute Gasteiger partial charge is 0.342 e. The van der Waals surface area contributed by atoms with E-state index in [0.29, 0.717) is 18.0 Å². The molecule has 0 aliphatic carbocycles. The highest BCUT2D eigenvalue weighted by Gasteiger charge is 2.37. The number of nitrogens with one attached hydrogen (secondary N) is 1. The number of aromatic nitrogens is 3. The van der Waals surface area contributed by atoms with Crippen LogP contribution in [0.2, 0.25) is 0 Å². The van der Waals surface area contributed by atoms with Gasteiger partial charge in [0.25, 0.3) is 5.91 Å². The molecule has 2 amide bonds. The summed E-state index contributed by atoms with van der Waals surface area (Å²) < 4.78 is 79.5. The first-order valence-electron chi connectivity index (χ1n) is 9.12. The largest absolute Gasteiger partial charge is 0.416 e. The van der Waals surface area contributed by atoms with Gasteiger partial charge in [-0.3, -0.25) is 9.59 Å². The molecule has 172 valence electrons. The summed E-state index contributed by atoms with van der Waals surface area (Å²) in [5.74, 6) is -0.926. The standard InChI is InChI=1S/C18H16F6N6O2/c1-9(15-25-8-26-30(15)13-3-4-14(31)29(2)28-13)27-16(32)10-5-11(17(19,20)21)7-12(6-10)18(22,23)24/h5-9H,3-4H2,1-2H3,(H,27,32). The topological polar surface area (TPSA) is 92.5 Å². The monoisotopic (exact) mass is 462 g/mol. The number of alkyl halides is 6. The maximum Gasteiger partial charge on any atom is 0.416 e. The maximum absolute atomic E-state index is 13.0. The Morgan fingerprint density at radius 3 is 2.19 bits per heavy atom. The molecule has 32 heavy (non-hydrogen) atoms. The molecular weight excluding hydrogens is 446 g/mol. The molecule has 1 aliphatic heterocycles. The molecule has 2 heterocycles. The first-order valence-corrected chi connectivity index (χ1v) is 9.12. The molecular formula is C18H16F6N6O2. The van der Waals surface area contributed by atoms with E-state index in [1.165, 1.54) is 18.7 Å². The van der Waals surface area contributed by atoms with Crippen LogP contribution < -0.4 is 5.32 Å². The molecule has 1 aromatic carbocycles. The molecule has 3 rings (SSSR count). The first-order chi connectivity index (χ1) is 14.8. The average molecular weight is 462 g/mol. The number of hydrogen-bond donors (Lipinski definition) is 1. The van der Waals surface area contributed by atoms with Crippen LogP contribution in [0.3, 0.4) is 0 Å². The number of hydrogen-bond acceptors (Lipinski definition) is 5. The van der Waals surface area contributed by atoms with Crippen LogP contribution in [0.25, 0.3) is 0 Å². The zero-order valence-corrected chi connectivity index (χ0v) is 16.6. The molecule has 0 spiro atoms. The number of amides is 2. The number of carbonyl (C=O) groups is 2. The lowest BCUT2D eigenvalue weighted by Crippen LogP contribution is -2.34. The van der Waals surface area contributed by atoms with Crippen molar-refractivity contribution in [1.82, 2.24) is 25.1 Å². The molecule has 2 aromatic rings. The molecule has 0 saturated carbocycles. The van der Waals surface area contributed by atoms with Gasteiger partial charge < -0.3 is 5.32 Å². The fourth-order valence-electron chi connectivity index (χ4n) is 2.98. The van der Waals surface area contributed by atoms with Crippen molar-refractivity contribution in [2.75, 3.05) is 7.05 Å². The van der Waals surface area contributed by atoms with Crippen LogP contribution in [0.5, 0.6) is 0 Å². The minimum atomic E-state index is -5.08. The molecule has 1 aromatic heterocycles. The molecule has 0 radical (unpaired) electrons. The van der Waals surface area contributed by atoms with Crippen molar-refractivity contribution in [3.8, 4) is 0 Å². The van der Waals surface area contributed by atoms with Crippen molar-refractivity contribution in [2.24, 2.45) is 5.10 Å². The Bertz CT molecular complexity index is 1040. The van der Waals surface area contributed by atoms with Gasteiger partial charge in [0.05, 0.1) is 17.2 Å². The zero-order valence-electron chi connectivity index (χ0n) is 16.6. The van der Waals surface area contributed by atoms with Gasteiger partial charge in [-0.15, -0.1) is 0 Å².